The monoisotopic (exact) mass is 417 g/mol. The van der Waals surface area contributed by atoms with Gasteiger partial charge in [-0.3, -0.25) is 0 Å². The van der Waals surface area contributed by atoms with Crippen LogP contribution in [0.25, 0.3) is 6.08 Å². The van der Waals surface area contributed by atoms with Gasteiger partial charge in [0.25, 0.3) is 0 Å². The van der Waals surface area contributed by atoms with E-state index in [2.05, 4.69) is 20.9 Å². The van der Waals surface area contributed by atoms with Crippen molar-refractivity contribution in [3.63, 3.8) is 0 Å². The molecule has 26 heavy (non-hydrogen) atoms. The molecule has 0 saturated heterocycles. The molecule has 0 spiro atoms. The zero-order chi connectivity index (χ0) is 18.7. The van der Waals surface area contributed by atoms with Crippen molar-refractivity contribution in [3.05, 3.63) is 57.7 Å². The number of halogens is 1. The van der Waals surface area contributed by atoms with Crippen LogP contribution in [0.5, 0.6) is 17.2 Å². The predicted octanol–water partition coefficient (Wildman–Crippen LogP) is 3.82. The second kappa shape index (κ2) is 7.61. The molecule has 134 valence electrons. The molecule has 0 aromatic heterocycles. The van der Waals surface area contributed by atoms with E-state index in [0.717, 1.165) is 4.47 Å². The molecule has 0 unspecified atom stereocenters. The van der Waals surface area contributed by atoms with Gasteiger partial charge < -0.3 is 18.9 Å². The first-order chi connectivity index (χ1) is 12.6. The SMILES string of the molecule is COc1ccc(/C=C2/N=C(c3ccccc3Br)OC2=O)c(OC)c1OC. The number of hydrogen-bond acceptors (Lipinski definition) is 6. The number of cyclic esters (lactones) is 1. The zero-order valence-electron chi connectivity index (χ0n) is 14.4. The molecular formula is C19H16BrNO5. The maximum Gasteiger partial charge on any atom is 0.363 e. The van der Waals surface area contributed by atoms with Crippen LogP contribution in [0.1, 0.15) is 11.1 Å². The van der Waals surface area contributed by atoms with E-state index >= 15 is 0 Å². The van der Waals surface area contributed by atoms with Crippen molar-refractivity contribution >= 4 is 33.9 Å². The van der Waals surface area contributed by atoms with Crippen LogP contribution in [0.2, 0.25) is 0 Å². The van der Waals surface area contributed by atoms with E-state index in [4.69, 9.17) is 18.9 Å². The van der Waals surface area contributed by atoms with Crippen molar-refractivity contribution in [2.75, 3.05) is 21.3 Å². The first-order valence-corrected chi connectivity index (χ1v) is 8.44. The maximum atomic E-state index is 12.2. The predicted molar refractivity (Wildman–Crippen MR) is 101 cm³/mol. The number of methoxy groups -OCH3 is 3. The number of ether oxygens (including phenoxy) is 4. The van der Waals surface area contributed by atoms with Crippen molar-refractivity contribution in [1.82, 2.24) is 0 Å². The number of esters is 1. The lowest BCUT2D eigenvalue weighted by atomic mass is 10.1. The first kappa shape index (κ1) is 18.0. The second-order valence-corrected chi connectivity index (χ2v) is 6.09. The molecule has 1 aliphatic rings. The summed E-state index contributed by atoms with van der Waals surface area (Å²) in [4.78, 5) is 16.6. The molecule has 0 bridgehead atoms. The van der Waals surface area contributed by atoms with Crippen molar-refractivity contribution in [2.45, 2.75) is 0 Å². The Hall–Kier alpha value is -2.80. The van der Waals surface area contributed by atoms with Crippen LogP contribution in [-0.4, -0.2) is 33.2 Å². The Labute approximate surface area is 159 Å². The summed E-state index contributed by atoms with van der Waals surface area (Å²) in [5, 5.41) is 0. The summed E-state index contributed by atoms with van der Waals surface area (Å²) < 4.78 is 22.1. The summed E-state index contributed by atoms with van der Waals surface area (Å²) in [6.45, 7) is 0. The topological polar surface area (TPSA) is 66.4 Å². The lowest BCUT2D eigenvalue weighted by Gasteiger charge is -2.14. The van der Waals surface area contributed by atoms with Gasteiger partial charge in [-0.25, -0.2) is 9.79 Å². The maximum absolute atomic E-state index is 12.2. The van der Waals surface area contributed by atoms with Gasteiger partial charge in [-0.05, 0) is 46.3 Å². The molecule has 2 aromatic rings. The van der Waals surface area contributed by atoms with Gasteiger partial charge in [0.15, 0.2) is 17.2 Å². The van der Waals surface area contributed by atoms with Gasteiger partial charge in [-0.2, -0.15) is 0 Å². The summed E-state index contributed by atoms with van der Waals surface area (Å²) >= 11 is 3.43. The van der Waals surface area contributed by atoms with E-state index in [9.17, 15) is 4.79 Å². The van der Waals surface area contributed by atoms with E-state index < -0.39 is 5.97 Å². The molecule has 0 atom stereocenters. The highest BCUT2D eigenvalue weighted by Crippen LogP contribution is 2.41. The Balaban J connectivity index is 2.05. The molecule has 2 aromatic carbocycles. The van der Waals surface area contributed by atoms with Crippen LogP contribution < -0.4 is 14.2 Å². The normalized spacial score (nSPS) is 14.8. The molecule has 0 N–H and O–H groups in total. The van der Waals surface area contributed by atoms with Gasteiger partial charge in [0.2, 0.25) is 11.6 Å². The van der Waals surface area contributed by atoms with E-state index in [1.165, 1.54) is 21.3 Å². The summed E-state index contributed by atoms with van der Waals surface area (Å²) in [5.41, 5.74) is 1.49. The van der Waals surface area contributed by atoms with Gasteiger partial charge in [0.05, 0.1) is 26.9 Å². The van der Waals surface area contributed by atoms with Gasteiger partial charge in [0.1, 0.15) is 0 Å². The number of aliphatic imine (C=N–C) groups is 1. The number of benzene rings is 2. The summed E-state index contributed by atoms with van der Waals surface area (Å²) in [6, 6.07) is 10.9. The Kier molecular flexibility index (Phi) is 5.27. The third kappa shape index (κ3) is 3.30. The fourth-order valence-corrected chi connectivity index (χ4v) is 3.00. The Morgan fingerprint density at radius 3 is 2.38 bits per heavy atom. The van der Waals surface area contributed by atoms with E-state index in [1.54, 1.807) is 18.2 Å². The number of carbonyl (C=O) groups is 1. The Morgan fingerprint density at radius 1 is 1.00 bits per heavy atom. The van der Waals surface area contributed by atoms with Crippen molar-refractivity contribution in [2.24, 2.45) is 4.99 Å². The van der Waals surface area contributed by atoms with Crippen molar-refractivity contribution < 1.29 is 23.7 Å². The average molecular weight is 418 g/mol. The minimum atomic E-state index is -0.535. The summed E-state index contributed by atoms with van der Waals surface area (Å²) in [5.74, 6) is 1.11. The number of nitrogens with zero attached hydrogens (tertiary/aromatic N) is 1. The first-order valence-electron chi connectivity index (χ1n) is 7.65. The van der Waals surface area contributed by atoms with E-state index in [1.807, 2.05) is 24.3 Å². The van der Waals surface area contributed by atoms with Crippen molar-refractivity contribution in [1.29, 1.82) is 0 Å². The number of rotatable bonds is 5. The highest BCUT2D eigenvalue weighted by molar-refractivity contribution is 9.10. The minimum Gasteiger partial charge on any atom is -0.493 e. The third-order valence-corrected chi connectivity index (χ3v) is 4.44. The third-order valence-electron chi connectivity index (χ3n) is 3.75. The fourth-order valence-electron chi connectivity index (χ4n) is 2.54. The van der Waals surface area contributed by atoms with Crippen LogP contribution in [0.4, 0.5) is 0 Å². The molecule has 6 nitrogen and oxygen atoms in total. The highest BCUT2D eigenvalue weighted by Gasteiger charge is 2.26. The Bertz CT molecular complexity index is 920. The molecule has 0 fully saturated rings. The molecule has 1 aliphatic heterocycles. The number of carbonyl (C=O) groups excluding carboxylic acids is 1. The van der Waals surface area contributed by atoms with Crippen molar-refractivity contribution in [3.8, 4) is 17.2 Å². The molecule has 1 heterocycles. The molecule has 3 rings (SSSR count). The molecule has 0 amide bonds. The standard InChI is InChI=1S/C19H16BrNO5/c1-23-15-9-8-11(16(24-2)17(15)25-3)10-14-19(22)26-18(21-14)12-6-4-5-7-13(12)20/h4-10H,1-3H3/b14-10+. The minimum absolute atomic E-state index is 0.168. The molecule has 7 heteroatoms. The fraction of sp³-hybridized carbons (Fsp3) is 0.158. The molecule has 0 radical (unpaired) electrons. The number of hydrogen-bond donors (Lipinski definition) is 0. The van der Waals surface area contributed by atoms with E-state index in [-0.39, 0.29) is 11.6 Å². The van der Waals surface area contributed by atoms with Crippen LogP contribution in [0, 0.1) is 0 Å². The quantitative estimate of drug-likeness (QED) is 0.546. The van der Waals surface area contributed by atoms with Crippen LogP contribution in [0.15, 0.2) is 51.6 Å². The van der Waals surface area contributed by atoms with Gasteiger partial charge in [-0.15, -0.1) is 0 Å². The summed E-state index contributed by atoms with van der Waals surface area (Å²) in [7, 11) is 4.57. The molecule has 0 saturated carbocycles. The van der Waals surface area contributed by atoms with Crippen LogP contribution in [0.3, 0.4) is 0 Å². The zero-order valence-corrected chi connectivity index (χ0v) is 16.0. The van der Waals surface area contributed by atoms with Gasteiger partial charge in [0, 0.05) is 10.0 Å². The lowest BCUT2D eigenvalue weighted by Crippen LogP contribution is -2.06. The second-order valence-electron chi connectivity index (χ2n) is 5.24. The summed E-state index contributed by atoms with van der Waals surface area (Å²) in [6.07, 6.45) is 1.59. The van der Waals surface area contributed by atoms with Gasteiger partial charge >= 0.3 is 5.97 Å². The van der Waals surface area contributed by atoms with Gasteiger partial charge in [-0.1, -0.05) is 12.1 Å². The molecule has 0 aliphatic carbocycles. The Morgan fingerprint density at radius 2 is 1.73 bits per heavy atom. The highest BCUT2D eigenvalue weighted by atomic mass is 79.9. The van der Waals surface area contributed by atoms with E-state index in [0.29, 0.717) is 28.4 Å². The lowest BCUT2D eigenvalue weighted by molar-refractivity contribution is -0.129. The largest absolute Gasteiger partial charge is 0.493 e. The van der Waals surface area contributed by atoms with Crippen LogP contribution >= 0.6 is 15.9 Å². The smallest absolute Gasteiger partial charge is 0.363 e. The van der Waals surface area contributed by atoms with Crippen LogP contribution in [-0.2, 0) is 9.53 Å². The average Bonchev–Trinajstić information content (AvgIpc) is 3.01. The molecular weight excluding hydrogens is 402 g/mol.